The first-order valence-corrected chi connectivity index (χ1v) is 11.9. The standard InChI is InChI=1S/C25H32N4O5/c1-4-13-34-19-11-9-17(10-12-19)14-29-22(30)21-20(23(31)33-3)26-16-28(21)15-25(29,2)24(32)27-18-7-5-6-8-18/h9-12,16,18H,4-8,13-15H2,1-3H3,(H,27,32). The Balaban J connectivity index is 1.66. The fourth-order valence-electron chi connectivity index (χ4n) is 4.69. The van der Waals surface area contributed by atoms with Crippen LogP contribution in [0.4, 0.5) is 0 Å². The smallest absolute Gasteiger partial charge is 0.359 e. The van der Waals surface area contributed by atoms with Crippen molar-refractivity contribution in [3.8, 4) is 5.75 Å². The number of hydrogen-bond donors (Lipinski definition) is 1. The quantitative estimate of drug-likeness (QED) is 0.598. The molecule has 9 nitrogen and oxygen atoms in total. The Morgan fingerprint density at radius 2 is 1.91 bits per heavy atom. The molecular weight excluding hydrogens is 436 g/mol. The summed E-state index contributed by atoms with van der Waals surface area (Å²) in [5.74, 6) is -0.559. The molecule has 1 unspecified atom stereocenters. The second-order valence-electron chi connectivity index (χ2n) is 9.17. The summed E-state index contributed by atoms with van der Waals surface area (Å²) in [5, 5.41) is 3.15. The minimum Gasteiger partial charge on any atom is -0.494 e. The van der Waals surface area contributed by atoms with E-state index in [1.54, 1.807) is 16.4 Å². The molecule has 9 heteroatoms. The largest absolute Gasteiger partial charge is 0.494 e. The third kappa shape index (κ3) is 4.51. The van der Waals surface area contributed by atoms with Crippen LogP contribution in [0, 0.1) is 0 Å². The van der Waals surface area contributed by atoms with Gasteiger partial charge in [0.1, 0.15) is 17.0 Å². The van der Waals surface area contributed by atoms with Crippen LogP contribution in [0.3, 0.4) is 0 Å². The van der Waals surface area contributed by atoms with Crippen LogP contribution in [0.2, 0.25) is 0 Å². The number of carbonyl (C=O) groups is 3. The topological polar surface area (TPSA) is 103 Å². The molecule has 1 N–H and O–H groups in total. The highest BCUT2D eigenvalue weighted by molar-refractivity contribution is 6.06. The second kappa shape index (κ2) is 9.87. The number of methoxy groups -OCH3 is 1. The number of fused-ring (bicyclic) bond motifs is 1. The van der Waals surface area contributed by atoms with Gasteiger partial charge in [-0.3, -0.25) is 9.59 Å². The molecule has 2 aromatic rings. The summed E-state index contributed by atoms with van der Waals surface area (Å²) in [4.78, 5) is 45.2. The number of nitrogens with zero attached hydrogens (tertiary/aromatic N) is 3. The second-order valence-corrected chi connectivity index (χ2v) is 9.17. The number of amides is 2. The Morgan fingerprint density at radius 3 is 2.56 bits per heavy atom. The van der Waals surface area contributed by atoms with Gasteiger partial charge in [-0.2, -0.15) is 0 Å². The molecule has 1 aromatic carbocycles. The van der Waals surface area contributed by atoms with E-state index >= 15 is 0 Å². The lowest BCUT2D eigenvalue weighted by Crippen LogP contribution is -2.64. The molecule has 34 heavy (non-hydrogen) atoms. The summed E-state index contributed by atoms with van der Waals surface area (Å²) in [6.45, 7) is 4.83. The van der Waals surface area contributed by atoms with E-state index in [-0.39, 0.29) is 36.4 Å². The number of esters is 1. The number of imidazole rings is 1. The van der Waals surface area contributed by atoms with Crippen LogP contribution in [0.15, 0.2) is 30.6 Å². The lowest BCUT2D eigenvalue weighted by atomic mass is 9.93. The first-order valence-electron chi connectivity index (χ1n) is 11.9. The zero-order valence-electron chi connectivity index (χ0n) is 20.0. The van der Waals surface area contributed by atoms with Crippen molar-refractivity contribution in [3.63, 3.8) is 0 Å². The molecule has 1 atom stereocenters. The Bertz CT molecular complexity index is 1060. The summed E-state index contributed by atoms with van der Waals surface area (Å²) < 4.78 is 12.1. The highest BCUT2D eigenvalue weighted by Gasteiger charge is 2.49. The normalized spacial score (nSPS) is 20.2. The van der Waals surface area contributed by atoms with Crippen molar-refractivity contribution in [2.45, 2.75) is 70.6 Å². The van der Waals surface area contributed by atoms with Crippen LogP contribution in [0.25, 0.3) is 0 Å². The van der Waals surface area contributed by atoms with E-state index in [1.807, 2.05) is 31.2 Å². The number of benzene rings is 1. The maximum absolute atomic E-state index is 13.7. The summed E-state index contributed by atoms with van der Waals surface area (Å²) in [6.07, 6.45) is 6.40. The average molecular weight is 469 g/mol. The predicted octanol–water partition coefficient (Wildman–Crippen LogP) is 2.93. The van der Waals surface area contributed by atoms with Gasteiger partial charge in [-0.15, -0.1) is 0 Å². The van der Waals surface area contributed by atoms with Gasteiger partial charge in [-0.05, 0) is 43.9 Å². The number of hydrogen-bond acceptors (Lipinski definition) is 6. The number of rotatable bonds is 8. The first kappa shape index (κ1) is 23.8. The van der Waals surface area contributed by atoms with Crippen LogP contribution < -0.4 is 10.1 Å². The van der Waals surface area contributed by atoms with Crippen molar-refractivity contribution >= 4 is 17.8 Å². The molecule has 182 valence electrons. The molecule has 2 amide bonds. The Labute approximate surface area is 199 Å². The molecule has 2 heterocycles. The van der Waals surface area contributed by atoms with Crippen LogP contribution in [0.1, 0.15) is 72.5 Å². The highest BCUT2D eigenvalue weighted by Crippen LogP contribution is 2.32. The predicted molar refractivity (Wildman–Crippen MR) is 124 cm³/mol. The molecule has 4 rings (SSSR count). The molecule has 1 saturated carbocycles. The molecule has 1 aliphatic carbocycles. The highest BCUT2D eigenvalue weighted by atomic mass is 16.5. The van der Waals surface area contributed by atoms with E-state index in [2.05, 4.69) is 10.3 Å². The first-order chi connectivity index (χ1) is 16.4. The summed E-state index contributed by atoms with van der Waals surface area (Å²) in [6, 6.07) is 7.62. The van der Waals surface area contributed by atoms with Crippen LogP contribution in [-0.2, 0) is 22.6 Å². The van der Waals surface area contributed by atoms with Crippen molar-refractivity contribution in [1.82, 2.24) is 19.8 Å². The van der Waals surface area contributed by atoms with Gasteiger partial charge < -0.3 is 24.3 Å². The fraction of sp³-hybridized carbons (Fsp3) is 0.520. The van der Waals surface area contributed by atoms with E-state index < -0.39 is 17.4 Å². The zero-order chi connectivity index (χ0) is 24.3. The Hall–Kier alpha value is -3.36. The Kier molecular flexibility index (Phi) is 6.90. The number of carbonyl (C=O) groups excluding carboxylic acids is 3. The molecule has 1 fully saturated rings. The monoisotopic (exact) mass is 468 g/mol. The Morgan fingerprint density at radius 1 is 1.21 bits per heavy atom. The van der Waals surface area contributed by atoms with E-state index in [1.165, 1.54) is 13.4 Å². The minimum absolute atomic E-state index is 0.0425. The summed E-state index contributed by atoms with van der Waals surface area (Å²) >= 11 is 0. The van der Waals surface area contributed by atoms with Crippen molar-refractivity contribution in [1.29, 1.82) is 0 Å². The molecule has 0 radical (unpaired) electrons. The van der Waals surface area contributed by atoms with Gasteiger partial charge in [0.25, 0.3) is 5.91 Å². The van der Waals surface area contributed by atoms with E-state index in [4.69, 9.17) is 9.47 Å². The van der Waals surface area contributed by atoms with Gasteiger partial charge >= 0.3 is 5.97 Å². The fourth-order valence-corrected chi connectivity index (χ4v) is 4.69. The molecule has 2 aliphatic rings. The lowest BCUT2D eigenvalue weighted by molar-refractivity contribution is -0.134. The number of aromatic nitrogens is 2. The van der Waals surface area contributed by atoms with Crippen molar-refractivity contribution in [2.75, 3.05) is 13.7 Å². The third-order valence-corrected chi connectivity index (χ3v) is 6.65. The van der Waals surface area contributed by atoms with E-state index in [0.717, 1.165) is 43.4 Å². The number of ether oxygens (including phenoxy) is 2. The lowest BCUT2D eigenvalue weighted by Gasteiger charge is -2.44. The maximum Gasteiger partial charge on any atom is 0.359 e. The molecule has 0 bridgehead atoms. The third-order valence-electron chi connectivity index (χ3n) is 6.65. The minimum atomic E-state index is -1.15. The maximum atomic E-state index is 13.7. The van der Waals surface area contributed by atoms with Gasteiger partial charge in [0.05, 0.1) is 26.6 Å². The average Bonchev–Trinajstić information content (AvgIpc) is 3.50. The van der Waals surface area contributed by atoms with Gasteiger partial charge in [0, 0.05) is 12.6 Å². The van der Waals surface area contributed by atoms with Gasteiger partial charge in [0.15, 0.2) is 5.69 Å². The molecule has 0 saturated heterocycles. The molecule has 1 aromatic heterocycles. The summed E-state index contributed by atoms with van der Waals surface area (Å²) in [5.41, 5.74) is -0.206. The van der Waals surface area contributed by atoms with Crippen LogP contribution >= 0.6 is 0 Å². The van der Waals surface area contributed by atoms with Gasteiger partial charge in [0.2, 0.25) is 5.91 Å². The van der Waals surface area contributed by atoms with Gasteiger partial charge in [-0.1, -0.05) is 31.9 Å². The van der Waals surface area contributed by atoms with Crippen molar-refractivity contribution < 1.29 is 23.9 Å². The van der Waals surface area contributed by atoms with Crippen molar-refractivity contribution in [2.24, 2.45) is 0 Å². The van der Waals surface area contributed by atoms with E-state index in [9.17, 15) is 14.4 Å². The van der Waals surface area contributed by atoms with Gasteiger partial charge in [-0.25, -0.2) is 9.78 Å². The number of nitrogens with one attached hydrogen (secondary N) is 1. The van der Waals surface area contributed by atoms with Crippen LogP contribution in [0.5, 0.6) is 5.75 Å². The SMILES string of the molecule is CCCOc1ccc(CN2C(=O)c3c(C(=O)OC)ncn3CC2(C)C(=O)NC2CCCC2)cc1. The molecule has 1 aliphatic heterocycles. The van der Waals surface area contributed by atoms with E-state index in [0.29, 0.717) is 6.61 Å². The summed E-state index contributed by atoms with van der Waals surface area (Å²) in [7, 11) is 1.25. The molecular formula is C25H32N4O5. The van der Waals surface area contributed by atoms with Crippen molar-refractivity contribution in [3.05, 3.63) is 47.5 Å². The zero-order valence-corrected chi connectivity index (χ0v) is 20.0. The molecule has 0 spiro atoms. The van der Waals surface area contributed by atoms with Crippen LogP contribution in [-0.4, -0.2) is 57.5 Å².